The fraction of sp³-hybridized carbons (Fsp3) is 0.250. The molecular formula is C20H21N2OsPrS-. The minimum Gasteiger partial charge on any atom is -0.777 e. The second-order valence-corrected chi connectivity index (χ2v) is 7.34. The van der Waals surface area contributed by atoms with Gasteiger partial charge in [-0.15, -0.1) is 4.90 Å². The van der Waals surface area contributed by atoms with Crippen molar-refractivity contribution in [3.8, 4) is 22.4 Å². The molecule has 0 aliphatic rings. The maximum Gasteiger partial charge on any atom is 0.0520 e. The largest absolute Gasteiger partial charge is 0.777 e. The number of hydrogen-bond donors (Lipinski definition) is 1. The summed E-state index contributed by atoms with van der Waals surface area (Å²) in [4.78, 5) is 8.63. The van der Waals surface area contributed by atoms with E-state index in [1.165, 1.54) is 5.56 Å². The van der Waals surface area contributed by atoms with Crippen molar-refractivity contribution in [2.45, 2.75) is 38.0 Å². The van der Waals surface area contributed by atoms with Gasteiger partial charge in [-0.05, 0) is 35.7 Å². The summed E-state index contributed by atoms with van der Waals surface area (Å²) in [5.74, 6) is 0. The topological polar surface area (TPSA) is 28.7 Å². The number of H-pyrrole nitrogens is 1. The van der Waals surface area contributed by atoms with Gasteiger partial charge >= 0.3 is 0 Å². The molecule has 0 spiro atoms. The van der Waals surface area contributed by atoms with Crippen molar-refractivity contribution in [3.63, 3.8) is 0 Å². The Kier molecular flexibility index (Phi) is 8.42. The summed E-state index contributed by atoms with van der Waals surface area (Å²) in [6.07, 6.45) is 3.62. The Morgan fingerprint density at radius 2 is 1.48 bits per heavy atom. The number of rotatable bonds is 2. The van der Waals surface area contributed by atoms with Gasteiger partial charge in [-0.2, -0.15) is 0 Å². The van der Waals surface area contributed by atoms with Crippen LogP contribution in [0.2, 0.25) is 0 Å². The van der Waals surface area contributed by atoms with E-state index in [2.05, 4.69) is 61.9 Å². The molecule has 0 saturated heterocycles. The van der Waals surface area contributed by atoms with Crippen LogP contribution in [-0.4, -0.2) is 9.97 Å². The van der Waals surface area contributed by atoms with E-state index in [1.807, 2.05) is 24.5 Å². The zero-order chi connectivity index (χ0) is 16.6. The molecule has 5 heteroatoms. The maximum absolute atomic E-state index is 5.82. The molecule has 2 heterocycles. The van der Waals surface area contributed by atoms with E-state index in [4.69, 9.17) is 12.6 Å². The Balaban J connectivity index is 0.00000156. The Bertz CT molecular complexity index is 821. The fourth-order valence-corrected chi connectivity index (χ4v) is 3.32. The number of benzene rings is 1. The molecule has 1 aromatic carbocycles. The number of hydrogen-bond acceptors (Lipinski definition) is 2. The fourth-order valence-electron chi connectivity index (χ4n) is 2.74. The Morgan fingerprint density at radius 1 is 0.920 bits per heavy atom. The molecule has 0 aliphatic heterocycles. The number of nitrogens with zero attached hydrogens (tertiary/aromatic N) is 1. The molecule has 129 valence electrons. The number of nitrogens with one attached hydrogen (secondary N) is 1. The summed E-state index contributed by atoms with van der Waals surface area (Å²) in [5, 5.41) is 0. The monoisotopic (exact) mass is 654 g/mol. The molecule has 3 aromatic rings. The van der Waals surface area contributed by atoms with Crippen LogP contribution >= 0.6 is 0 Å². The van der Waals surface area contributed by atoms with E-state index in [1.54, 1.807) is 0 Å². The molecular weight excluding hydrogens is 631 g/mol. The van der Waals surface area contributed by atoms with Crippen molar-refractivity contribution in [1.29, 1.82) is 0 Å². The van der Waals surface area contributed by atoms with Crippen LogP contribution in [0.3, 0.4) is 0 Å². The smallest absolute Gasteiger partial charge is 0.0520 e. The second-order valence-electron chi connectivity index (χ2n) is 6.93. The van der Waals surface area contributed by atoms with Gasteiger partial charge in [-0.25, -0.2) is 0 Å². The predicted molar refractivity (Wildman–Crippen MR) is 98.5 cm³/mol. The molecule has 1 radical (unpaired) electrons. The molecule has 0 atom stereocenters. The Hall–Kier alpha value is -0.130. The summed E-state index contributed by atoms with van der Waals surface area (Å²) >= 11 is 5.82. The Morgan fingerprint density at radius 3 is 2.00 bits per heavy atom. The van der Waals surface area contributed by atoms with Gasteiger partial charge in [0.25, 0.3) is 0 Å². The van der Waals surface area contributed by atoms with Crippen LogP contribution in [0.4, 0.5) is 0 Å². The molecule has 0 unspecified atom stereocenters. The summed E-state index contributed by atoms with van der Waals surface area (Å²) in [5.41, 5.74) is 6.77. The summed E-state index contributed by atoms with van der Waals surface area (Å²) in [7, 11) is 0. The maximum atomic E-state index is 5.82. The van der Waals surface area contributed by atoms with E-state index < -0.39 is 0 Å². The van der Waals surface area contributed by atoms with Gasteiger partial charge < -0.3 is 17.6 Å². The van der Waals surface area contributed by atoms with Crippen LogP contribution < -0.4 is 0 Å². The zero-order valence-electron chi connectivity index (χ0n) is 14.9. The van der Waals surface area contributed by atoms with Gasteiger partial charge in [-0.1, -0.05) is 50.6 Å². The molecule has 0 fully saturated rings. The first kappa shape index (κ1) is 22.9. The first-order valence-corrected chi connectivity index (χ1v) is 8.19. The molecule has 0 saturated carbocycles. The SMILES string of the molecule is Cc1ccc(-c2[nH]c(C(C)(C)C)c([S-])c2-c2ccncc2)cc1.[Os].[Pr]. The van der Waals surface area contributed by atoms with Crippen molar-refractivity contribution in [1.82, 2.24) is 9.97 Å². The molecule has 3 rings (SSSR count). The molecule has 2 nitrogen and oxygen atoms in total. The normalized spacial score (nSPS) is 10.7. The van der Waals surface area contributed by atoms with Crippen LogP contribution in [0, 0.1) is 48.2 Å². The van der Waals surface area contributed by atoms with Crippen LogP contribution in [0.25, 0.3) is 22.4 Å². The third-order valence-electron chi connectivity index (χ3n) is 4.01. The van der Waals surface area contributed by atoms with Crippen LogP contribution in [0.1, 0.15) is 32.0 Å². The van der Waals surface area contributed by atoms with Gasteiger partial charge in [0.2, 0.25) is 0 Å². The summed E-state index contributed by atoms with van der Waals surface area (Å²) in [6.45, 7) is 8.65. The average molecular weight is 653 g/mol. The average Bonchev–Trinajstić information content (AvgIpc) is 2.86. The van der Waals surface area contributed by atoms with Crippen LogP contribution in [0.5, 0.6) is 0 Å². The number of aryl methyl sites for hydroxylation is 1. The minimum absolute atomic E-state index is 0. The molecule has 0 bridgehead atoms. The van der Waals surface area contributed by atoms with Crippen molar-refractivity contribution in [3.05, 3.63) is 60.0 Å². The van der Waals surface area contributed by atoms with Crippen molar-refractivity contribution in [2.24, 2.45) is 0 Å². The zero-order valence-corrected chi connectivity index (χ0v) is 22.0. The third-order valence-corrected chi connectivity index (χ3v) is 4.42. The first-order valence-electron chi connectivity index (χ1n) is 7.79. The quantitative estimate of drug-likeness (QED) is 0.384. The number of aromatic amines is 1. The summed E-state index contributed by atoms with van der Waals surface area (Å²) in [6, 6.07) is 12.6. The predicted octanol–water partition coefficient (Wildman–Crippen LogP) is 5.25. The van der Waals surface area contributed by atoms with Gasteiger partial charge in [0, 0.05) is 84.6 Å². The number of pyridine rings is 1. The van der Waals surface area contributed by atoms with E-state index in [9.17, 15) is 0 Å². The van der Waals surface area contributed by atoms with Crippen LogP contribution in [-0.2, 0) is 37.8 Å². The van der Waals surface area contributed by atoms with Gasteiger partial charge in [0.15, 0.2) is 0 Å². The summed E-state index contributed by atoms with van der Waals surface area (Å²) < 4.78 is 0. The minimum atomic E-state index is -0.0260. The van der Waals surface area contributed by atoms with E-state index in [0.29, 0.717) is 0 Å². The van der Waals surface area contributed by atoms with Gasteiger partial charge in [-0.3, -0.25) is 4.98 Å². The van der Waals surface area contributed by atoms with Crippen molar-refractivity contribution >= 4 is 12.6 Å². The van der Waals surface area contributed by atoms with Crippen molar-refractivity contribution < 1.29 is 61.1 Å². The second kappa shape index (κ2) is 9.18. The Labute approximate surface area is 202 Å². The third kappa shape index (κ3) is 4.98. The van der Waals surface area contributed by atoms with Crippen molar-refractivity contribution in [2.75, 3.05) is 0 Å². The molecule has 1 N–H and O–H groups in total. The van der Waals surface area contributed by atoms with E-state index in [-0.39, 0.29) is 66.5 Å². The van der Waals surface area contributed by atoms with Crippen LogP contribution in [0.15, 0.2) is 53.7 Å². The molecule has 0 amide bonds. The van der Waals surface area contributed by atoms with E-state index >= 15 is 0 Å². The molecule has 2 aromatic heterocycles. The van der Waals surface area contributed by atoms with Gasteiger partial charge in [0.1, 0.15) is 0 Å². The first-order chi connectivity index (χ1) is 10.9. The standard InChI is InChI=1S/C20H22N2S.Os.Pr/c1-13-5-7-15(8-6-13)17-16(14-9-11-21-12-10-14)18(23)19(22-17)20(2,3)4;;/h5-12,22-23H,1-4H3;;/p-1. The molecule has 0 aliphatic carbocycles. The van der Waals surface area contributed by atoms with E-state index in [0.717, 1.165) is 33.0 Å². The number of aromatic nitrogens is 2. The van der Waals surface area contributed by atoms with Gasteiger partial charge in [0.05, 0.1) is 5.69 Å². The molecule has 25 heavy (non-hydrogen) atoms.